The SMILES string of the molecule is COc1ccccc1C1=C(Nc2ccc(Cl)cc2C)C(=O)N(c2ccccc2OC)C1=O. The van der Waals surface area contributed by atoms with Gasteiger partial charge in [0.2, 0.25) is 0 Å². The summed E-state index contributed by atoms with van der Waals surface area (Å²) in [7, 11) is 3.02. The number of para-hydroxylation sites is 3. The van der Waals surface area contributed by atoms with Gasteiger partial charge in [0.05, 0.1) is 25.5 Å². The summed E-state index contributed by atoms with van der Waals surface area (Å²) in [5, 5.41) is 3.75. The molecule has 0 bridgehead atoms. The minimum absolute atomic E-state index is 0.149. The van der Waals surface area contributed by atoms with E-state index < -0.39 is 11.8 Å². The van der Waals surface area contributed by atoms with Gasteiger partial charge in [-0.15, -0.1) is 0 Å². The van der Waals surface area contributed by atoms with Crippen LogP contribution in [0.5, 0.6) is 11.5 Å². The highest BCUT2D eigenvalue weighted by Gasteiger charge is 2.42. The molecule has 6 nitrogen and oxygen atoms in total. The second-order valence-electron chi connectivity index (χ2n) is 7.15. The third-order valence-electron chi connectivity index (χ3n) is 5.23. The molecule has 3 aromatic rings. The number of imide groups is 1. The van der Waals surface area contributed by atoms with Crippen molar-refractivity contribution in [2.45, 2.75) is 6.92 Å². The predicted molar refractivity (Wildman–Crippen MR) is 125 cm³/mol. The number of rotatable bonds is 6. The molecule has 4 rings (SSSR count). The van der Waals surface area contributed by atoms with Crippen LogP contribution in [0, 0.1) is 6.92 Å². The molecule has 32 heavy (non-hydrogen) atoms. The van der Waals surface area contributed by atoms with Crippen molar-refractivity contribution in [1.29, 1.82) is 0 Å². The Balaban J connectivity index is 1.90. The molecule has 0 saturated carbocycles. The Hall–Kier alpha value is -3.77. The molecule has 0 spiro atoms. The summed E-state index contributed by atoms with van der Waals surface area (Å²) >= 11 is 6.09. The Kier molecular flexibility index (Phi) is 5.88. The standard InChI is InChI=1S/C25H21ClN2O4/c1-15-14-16(26)12-13-18(15)27-23-22(17-8-4-6-10-20(17)31-2)24(29)28(25(23)30)19-9-5-7-11-21(19)32-3/h4-14,27H,1-3H3. The van der Waals surface area contributed by atoms with Crippen LogP contribution in [0.3, 0.4) is 0 Å². The van der Waals surface area contributed by atoms with Crippen molar-refractivity contribution in [2.75, 3.05) is 24.4 Å². The maximum Gasteiger partial charge on any atom is 0.282 e. The maximum atomic E-state index is 13.7. The molecule has 7 heteroatoms. The van der Waals surface area contributed by atoms with Crippen molar-refractivity contribution in [3.63, 3.8) is 0 Å². The number of anilines is 2. The molecule has 162 valence electrons. The fraction of sp³-hybridized carbons (Fsp3) is 0.120. The summed E-state index contributed by atoms with van der Waals surface area (Å²) < 4.78 is 10.9. The summed E-state index contributed by atoms with van der Waals surface area (Å²) in [5.41, 5.74) is 2.74. The molecule has 0 aliphatic carbocycles. The van der Waals surface area contributed by atoms with Crippen LogP contribution in [0.25, 0.3) is 5.57 Å². The molecule has 0 fully saturated rings. The van der Waals surface area contributed by atoms with Gasteiger partial charge in [-0.1, -0.05) is 41.9 Å². The summed E-state index contributed by atoms with van der Waals surface area (Å²) in [4.78, 5) is 28.4. The highest BCUT2D eigenvalue weighted by Crippen LogP contribution is 2.40. The number of ether oxygens (including phenoxy) is 2. The second-order valence-corrected chi connectivity index (χ2v) is 7.59. The minimum Gasteiger partial charge on any atom is -0.496 e. The molecular weight excluding hydrogens is 428 g/mol. The van der Waals surface area contributed by atoms with Gasteiger partial charge in [0.25, 0.3) is 11.8 Å². The van der Waals surface area contributed by atoms with E-state index in [1.807, 2.05) is 6.92 Å². The van der Waals surface area contributed by atoms with Gasteiger partial charge >= 0.3 is 0 Å². The molecule has 0 aromatic heterocycles. The lowest BCUT2D eigenvalue weighted by atomic mass is 10.0. The lowest BCUT2D eigenvalue weighted by Crippen LogP contribution is -2.32. The monoisotopic (exact) mass is 448 g/mol. The van der Waals surface area contributed by atoms with Crippen molar-refractivity contribution in [3.05, 3.63) is 88.6 Å². The van der Waals surface area contributed by atoms with Crippen molar-refractivity contribution in [3.8, 4) is 11.5 Å². The van der Waals surface area contributed by atoms with Crippen LogP contribution in [-0.2, 0) is 9.59 Å². The smallest absolute Gasteiger partial charge is 0.282 e. The summed E-state index contributed by atoms with van der Waals surface area (Å²) in [6.45, 7) is 1.87. The molecule has 2 amide bonds. The zero-order valence-corrected chi connectivity index (χ0v) is 18.6. The average molecular weight is 449 g/mol. The number of halogens is 1. The quantitative estimate of drug-likeness (QED) is 0.534. The van der Waals surface area contributed by atoms with Gasteiger partial charge in [-0.2, -0.15) is 0 Å². The fourth-order valence-electron chi connectivity index (χ4n) is 3.68. The Morgan fingerprint density at radius 1 is 0.844 bits per heavy atom. The van der Waals surface area contributed by atoms with Crippen molar-refractivity contribution >= 4 is 40.4 Å². The summed E-state index contributed by atoms with van der Waals surface area (Å²) in [6, 6.07) is 19.3. The van der Waals surface area contributed by atoms with Crippen LogP contribution >= 0.6 is 11.6 Å². The predicted octanol–water partition coefficient (Wildman–Crippen LogP) is 5.06. The number of amides is 2. The molecule has 1 aliphatic heterocycles. The van der Waals surface area contributed by atoms with E-state index in [-0.39, 0.29) is 11.3 Å². The zero-order chi connectivity index (χ0) is 22.8. The summed E-state index contributed by atoms with van der Waals surface area (Å²) in [5.74, 6) is -0.0666. The van der Waals surface area contributed by atoms with Crippen LogP contribution in [0.4, 0.5) is 11.4 Å². The Labute approximate surface area is 191 Å². The molecular formula is C25H21ClN2O4. The van der Waals surface area contributed by atoms with Crippen LogP contribution in [0.1, 0.15) is 11.1 Å². The van der Waals surface area contributed by atoms with E-state index >= 15 is 0 Å². The Morgan fingerprint density at radius 2 is 1.50 bits per heavy atom. The van der Waals surface area contributed by atoms with Crippen LogP contribution < -0.4 is 19.7 Å². The van der Waals surface area contributed by atoms with Gasteiger partial charge in [0, 0.05) is 16.3 Å². The number of nitrogens with zero attached hydrogens (tertiary/aromatic N) is 1. The first kappa shape index (κ1) is 21.5. The molecule has 0 radical (unpaired) electrons. The number of aryl methyl sites for hydroxylation is 1. The van der Waals surface area contributed by atoms with E-state index in [9.17, 15) is 9.59 Å². The molecule has 1 N–H and O–H groups in total. The maximum absolute atomic E-state index is 13.7. The normalized spacial score (nSPS) is 13.6. The number of carbonyl (C=O) groups excluding carboxylic acids is 2. The number of hydrogen-bond acceptors (Lipinski definition) is 5. The van der Waals surface area contributed by atoms with Crippen LogP contribution in [0.15, 0.2) is 72.4 Å². The van der Waals surface area contributed by atoms with Gasteiger partial charge in [-0.3, -0.25) is 9.59 Å². The molecule has 3 aromatic carbocycles. The lowest BCUT2D eigenvalue weighted by molar-refractivity contribution is -0.120. The van der Waals surface area contributed by atoms with E-state index in [0.29, 0.717) is 33.5 Å². The fourth-order valence-corrected chi connectivity index (χ4v) is 3.91. The van der Waals surface area contributed by atoms with E-state index in [1.54, 1.807) is 66.7 Å². The third-order valence-corrected chi connectivity index (χ3v) is 5.47. The number of carbonyl (C=O) groups is 2. The molecule has 1 heterocycles. The number of hydrogen-bond donors (Lipinski definition) is 1. The number of nitrogens with one attached hydrogen (secondary N) is 1. The van der Waals surface area contributed by atoms with Crippen LogP contribution in [-0.4, -0.2) is 26.0 Å². The first-order chi connectivity index (χ1) is 15.5. The Bertz CT molecular complexity index is 1250. The highest BCUT2D eigenvalue weighted by atomic mass is 35.5. The van der Waals surface area contributed by atoms with Gasteiger partial charge in [0.15, 0.2) is 0 Å². The highest BCUT2D eigenvalue weighted by molar-refractivity contribution is 6.46. The van der Waals surface area contributed by atoms with Gasteiger partial charge in [0.1, 0.15) is 17.2 Å². The zero-order valence-electron chi connectivity index (χ0n) is 17.8. The lowest BCUT2D eigenvalue weighted by Gasteiger charge is -2.18. The van der Waals surface area contributed by atoms with E-state index in [2.05, 4.69) is 5.32 Å². The molecule has 0 atom stereocenters. The van der Waals surface area contributed by atoms with E-state index in [4.69, 9.17) is 21.1 Å². The van der Waals surface area contributed by atoms with Crippen molar-refractivity contribution in [1.82, 2.24) is 0 Å². The molecule has 0 saturated heterocycles. The minimum atomic E-state index is -0.491. The molecule has 1 aliphatic rings. The van der Waals surface area contributed by atoms with Gasteiger partial charge in [-0.25, -0.2) is 4.90 Å². The summed E-state index contributed by atoms with van der Waals surface area (Å²) in [6.07, 6.45) is 0. The van der Waals surface area contributed by atoms with E-state index in [1.165, 1.54) is 14.2 Å². The van der Waals surface area contributed by atoms with Crippen LogP contribution in [0.2, 0.25) is 5.02 Å². The average Bonchev–Trinajstić information content (AvgIpc) is 3.04. The number of methoxy groups -OCH3 is 2. The first-order valence-electron chi connectivity index (χ1n) is 9.89. The molecule has 0 unspecified atom stereocenters. The largest absolute Gasteiger partial charge is 0.496 e. The van der Waals surface area contributed by atoms with Crippen molar-refractivity contribution < 1.29 is 19.1 Å². The third kappa shape index (κ3) is 3.69. The van der Waals surface area contributed by atoms with Crippen molar-refractivity contribution in [2.24, 2.45) is 0 Å². The Morgan fingerprint density at radius 3 is 2.19 bits per heavy atom. The van der Waals surface area contributed by atoms with Gasteiger partial charge < -0.3 is 14.8 Å². The topological polar surface area (TPSA) is 67.9 Å². The van der Waals surface area contributed by atoms with E-state index in [0.717, 1.165) is 10.5 Å². The van der Waals surface area contributed by atoms with Gasteiger partial charge in [-0.05, 0) is 48.9 Å². The second kappa shape index (κ2) is 8.77. The number of benzene rings is 3. The first-order valence-corrected chi connectivity index (χ1v) is 10.3.